The molecule has 1 aromatic heterocycles. The molecule has 2 heterocycles. The molecule has 2 aromatic carbocycles. The fourth-order valence-electron chi connectivity index (χ4n) is 3.84. The third-order valence-corrected chi connectivity index (χ3v) is 5.81. The first-order valence-corrected chi connectivity index (χ1v) is 11.0. The van der Waals surface area contributed by atoms with E-state index in [0.29, 0.717) is 24.4 Å². The largest absolute Gasteiger partial charge is 0.497 e. The first kappa shape index (κ1) is 23.4. The van der Waals surface area contributed by atoms with Crippen LogP contribution in [0.25, 0.3) is 22.8 Å². The third kappa shape index (κ3) is 5.24. The summed E-state index contributed by atoms with van der Waals surface area (Å²) >= 11 is 0. The number of oxazole rings is 1. The monoisotopic (exact) mass is 465 g/mol. The maximum absolute atomic E-state index is 13.1. The van der Waals surface area contributed by atoms with Gasteiger partial charge in [0.1, 0.15) is 5.75 Å². The van der Waals surface area contributed by atoms with Crippen LogP contribution in [0.5, 0.6) is 5.75 Å². The molecular formula is C24H27N5O5. The number of nitrogens with zero attached hydrogens (tertiary/aromatic N) is 4. The lowest BCUT2D eigenvalue weighted by atomic mass is 10.1. The molecule has 3 aromatic rings. The molecule has 1 amide bonds. The molecule has 0 spiro atoms. The highest BCUT2D eigenvalue weighted by Crippen LogP contribution is 2.35. The van der Waals surface area contributed by atoms with Crippen LogP contribution in [0.4, 0.5) is 5.69 Å². The molecule has 4 rings (SSSR count). The number of piperazine rings is 1. The Labute approximate surface area is 197 Å². The number of benzene rings is 2. The zero-order valence-corrected chi connectivity index (χ0v) is 19.2. The molecular weight excluding hydrogens is 438 g/mol. The van der Waals surface area contributed by atoms with Crippen LogP contribution in [0.1, 0.15) is 10.5 Å². The number of rotatable bonds is 8. The van der Waals surface area contributed by atoms with E-state index < -0.39 is 10.8 Å². The maximum atomic E-state index is 13.1. The second-order valence-electron chi connectivity index (χ2n) is 8.10. The first-order chi connectivity index (χ1) is 16.5. The van der Waals surface area contributed by atoms with Gasteiger partial charge in [0.2, 0.25) is 5.89 Å². The smallest absolute Gasteiger partial charge is 0.280 e. The maximum Gasteiger partial charge on any atom is 0.280 e. The highest BCUT2D eigenvalue weighted by Gasteiger charge is 2.27. The first-order valence-electron chi connectivity index (χ1n) is 11.0. The summed E-state index contributed by atoms with van der Waals surface area (Å²) in [5.41, 5.74) is 0.627. The molecule has 1 fully saturated rings. The number of likely N-dealkylation sites (N-methyl/N-ethyl adjacent to an activating group) is 1. The van der Waals surface area contributed by atoms with E-state index >= 15 is 0 Å². The summed E-state index contributed by atoms with van der Waals surface area (Å²) in [6.07, 6.45) is 0. The van der Waals surface area contributed by atoms with E-state index in [1.54, 1.807) is 49.6 Å². The number of carbonyl (C=O) groups excluding carboxylic acids is 1. The zero-order chi connectivity index (χ0) is 24.1. The minimum absolute atomic E-state index is 0.00509. The van der Waals surface area contributed by atoms with Crippen LogP contribution in [-0.4, -0.2) is 79.0 Å². The van der Waals surface area contributed by atoms with Gasteiger partial charge in [0, 0.05) is 50.9 Å². The van der Waals surface area contributed by atoms with Gasteiger partial charge in [-0.1, -0.05) is 18.2 Å². The number of nitro benzene ring substituents is 1. The number of carbonyl (C=O) groups is 1. The average molecular weight is 466 g/mol. The van der Waals surface area contributed by atoms with Crippen molar-refractivity contribution in [2.45, 2.75) is 0 Å². The Morgan fingerprint density at radius 2 is 1.94 bits per heavy atom. The van der Waals surface area contributed by atoms with Gasteiger partial charge in [0.15, 0.2) is 11.5 Å². The van der Waals surface area contributed by atoms with Crippen LogP contribution in [0.15, 0.2) is 52.9 Å². The summed E-state index contributed by atoms with van der Waals surface area (Å²) in [7, 11) is 3.64. The SMILES string of the molecule is COc1cccc(-c2nc(C(=O)NCCN3CCN(C)CC3)c(-c3ccccc3[N+](=O)[O-])o2)c1. The molecule has 1 N–H and O–H groups in total. The predicted molar refractivity (Wildman–Crippen MR) is 127 cm³/mol. The van der Waals surface area contributed by atoms with Crippen LogP contribution < -0.4 is 10.1 Å². The molecule has 1 aliphatic heterocycles. The van der Waals surface area contributed by atoms with Gasteiger partial charge in [0.05, 0.1) is 17.6 Å². The van der Waals surface area contributed by atoms with Crippen LogP contribution in [0.3, 0.4) is 0 Å². The van der Waals surface area contributed by atoms with E-state index in [2.05, 4.69) is 27.1 Å². The van der Waals surface area contributed by atoms with Crippen molar-refractivity contribution in [3.63, 3.8) is 0 Å². The Hall–Kier alpha value is -3.76. The normalized spacial score (nSPS) is 14.6. The highest BCUT2D eigenvalue weighted by molar-refractivity contribution is 5.99. The molecule has 1 saturated heterocycles. The third-order valence-electron chi connectivity index (χ3n) is 5.81. The molecule has 178 valence electrons. The van der Waals surface area contributed by atoms with E-state index in [4.69, 9.17) is 9.15 Å². The minimum Gasteiger partial charge on any atom is -0.497 e. The van der Waals surface area contributed by atoms with Gasteiger partial charge < -0.3 is 19.4 Å². The van der Waals surface area contributed by atoms with Gasteiger partial charge in [0.25, 0.3) is 11.6 Å². The second-order valence-corrected chi connectivity index (χ2v) is 8.10. The van der Waals surface area contributed by atoms with Gasteiger partial charge >= 0.3 is 0 Å². The van der Waals surface area contributed by atoms with Gasteiger partial charge in [-0.25, -0.2) is 4.98 Å². The molecule has 0 aliphatic carbocycles. The van der Waals surface area contributed by atoms with E-state index in [9.17, 15) is 14.9 Å². The molecule has 0 unspecified atom stereocenters. The lowest BCUT2D eigenvalue weighted by Gasteiger charge is -2.32. The molecule has 10 heteroatoms. The fraction of sp³-hybridized carbons (Fsp3) is 0.333. The van der Waals surface area contributed by atoms with Crippen LogP contribution in [0.2, 0.25) is 0 Å². The summed E-state index contributed by atoms with van der Waals surface area (Å²) < 4.78 is 11.2. The van der Waals surface area contributed by atoms with Crippen molar-refractivity contribution < 1.29 is 18.9 Å². The Balaban J connectivity index is 1.62. The number of nitro groups is 1. The van der Waals surface area contributed by atoms with Crippen molar-refractivity contribution in [1.29, 1.82) is 0 Å². The quantitative estimate of drug-likeness (QED) is 0.399. The molecule has 0 radical (unpaired) electrons. The summed E-state index contributed by atoms with van der Waals surface area (Å²) in [6.45, 7) is 5.00. The van der Waals surface area contributed by atoms with Gasteiger partial charge in [-0.15, -0.1) is 0 Å². The zero-order valence-electron chi connectivity index (χ0n) is 19.2. The van der Waals surface area contributed by atoms with E-state index in [-0.39, 0.29) is 28.6 Å². The van der Waals surface area contributed by atoms with Crippen LogP contribution in [0, 0.1) is 10.1 Å². The lowest BCUT2D eigenvalue weighted by molar-refractivity contribution is -0.384. The number of para-hydroxylation sites is 1. The van der Waals surface area contributed by atoms with Crippen molar-refractivity contribution in [2.24, 2.45) is 0 Å². The van der Waals surface area contributed by atoms with Crippen molar-refractivity contribution in [2.75, 3.05) is 53.4 Å². The Morgan fingerprint density at radius 3 is 2.68 bits per heavy atom. The van der Waals surface area contributed by atoms with Crippen molar-refractivity contribution in [3.05, 3.63) is 64.3 Å². The lowest BCUT2D eigenvalue weighted by Crippen LogP contribution is -2.46. The predicted octanol–water partition coefficient (Wildman–Crippen LogP) is 2.90. The number of nitrogens with one attached hydrogen (secondary N) is 1. The number of hydrogen-bond acceptors (Lipinski definition) is 8. The van der Waals surface area contributed by atoms with E-state index in [1.165, 1.54) is 6.07 Å². The molecule has 0 saturated carbocycles. The van der Waals surface area contributed by atoms with Crippen LogP contribution >= 0.6 is 0 Å². The Morgan fingerprint density at radius 1 is 1.18 bits per heavy atom. The molecule has 10 nitrogen and oxygen atoms in total. The Kier molecular flexibility index (Phi) is 7.19. The molecule has 0 atom stereocenters. The topological polar surface area (TPSA) is 114 Å². The van der Waals surface area contributed by atoms with E-state index in [1.807, 2.05) is 0 Å². The summed E-state index contributed by atoms with van der Waals surface area (Å²) in [6, 6.07) is 13.2. The van der Waals surface area contributed by atoms with Crippen molar-refractivity contribution in [1.82, 2.24) is 20.1 Å². The van der Waals surface area contributed by atoms with Gasteiger partial charge in [-0.3, -0.25) is 19.8 Å². The number of ether oxygens (including phenoxy) is 1. The Bertz CT molecular complexity index is 1170. The number of hydrogen-bond donors (Lipinski definition) is 1. The highest BCUT2D eigenvalue weighted by atomic mass is 16.6. The van der Waals surface area contributed by atoms with Crippen molar-refractivity contribution >= 4 is 11.6 Å². The standard InChI is InChI=1S/C24H27N5O5/c1-27-12-14-28(15-13-27)11-10-25-23(30)21-22(19-8-3-4-9-20(19)29(31)32)34-24(26-21)17-6-5-7-18(16-17)33-2/h3-9,16H,10-15H2,1-2H3,(H,25,30). The number of amides is 1. The van der Waals surface area contributed by atoms with E-state index in [0.717, 1.165) is 26.2 Å². The molecule has 34 heavy (non-hydrogen) atoms. The summed E-state index contributed by atoms with van der Waals surface area (Å²) in [5.74, 6) is 0.389. The summed E-state index contributed by atoms with van der Waals surface area (Å²) in [5, 5.41) is 14.5. The summed E-state index contributed by atoms with van der Waals surface area (Å²) in [4.78, 5) is 33.2. The van der Waals surface area contributed by atoms with Crippen LogP contribution in [-0.2, 0) is 0 Å². The van der Waals surface area contributed by atoms with Crippen molar-refractivity contribution in [3.8, 4) is 28.5 Å². The fourth-order valence-corrected chi connectivity index (χ4v) is 3.84. The number of aromatic nitrogens is 1. The van der Waals surface area contributed by atoms with Gasteiger partial charge in [-0.2, -0.15) is 0 Å². The minimum atomic E-state index is -0.502. The molecule has 0 bridgehead atoms. The number of methoxy groups -OCH3 is 1. The molecule has 1 aliphatic rings. The van der Waals surface area contributed by atoms with Gasteiger partial charge in [-0.05, 0) is 31.3 Å². The second kappa shape index (κ2) is 10.4. The average Bonchev–Trinajstić information content (AvgIpc) is 3.31.